The van der Waals surface area contributed by atoms with E-state index in [4.69, 9.17) is 16.3 Å². The number of phenolic OH excluding ortho intramolecular Hbond substituents is 1. The van der Waals surface area contributed by atoms with Gasteiger partial charge in [-0.25, -0.2) is 0 Å². The van der Waals surface area contributed by atoms with Gasteiger partial charge in [0.2, 0.25) is 0 Å². The normalized spacial score (nSPS) is 20.8. The zero-order valence-electron chi connectivity index (χ0n) is 14.0. The first kappa shape index (κ1) is 16.6. The number of nitrogens with one attached hydrogen (secondary N) is 1. The van der Waals surface area contributed by atoms with Crippen LogP contribution >= 0.6 is 11.6 Å². The molecule has 2 N–H and O–H groups in total. The van der Waals surface area contributed by atoms with E-state index in [1.165, 1.54) is 6.42 Å². The average molecular weight is 360 g/mol. The predicted molar refractivity (Wildman–Crippen MR) is 98.1 cm³/mol. The Bertz CT molecular complexity index is 745. The zero-order valence-corrected chi connectivity index (χ0v) is 14.8. The van der Waals surface area contributed by atoms with Crippen LogP contribution in [-0.4, -0.2) is 47.8 Å². The molecule has 1 fully saturated rings. The van der Waals surface area contributed by atoms with E-state index >= 15 is 0 Å². The van der Waals surface area contributed by atoms with Gasteiger partial charge in [-0.2, -0.15) is 0 Å². The lowest BCUT2D eigenvalue weighted by Crippen LogP contribution is -2.32. The van der Waals surface area contributed by atoms with Crippen LogP contribution in [0.2, 0.25) is 5.02 Å². The smallest absolute Gasteiger partial charge is 0.165 e. The molecule has 0 amide bonds. The van der Waals surface area contributed by atoms with E-state index in [1.807, 2.05) is 12.1 Å². The summed E-state index contributed by atoms with van der Waals surface area (Å²) in [4.78, 5) is 6.78. The van der Waals surface area contributed by atoms with Gasteiger partial charge in [-0.05, 0) is 49.7 Å². The molecule has 0 radical (unpaired) electrons. The molecule has 0 aliphatic carbocycles. The molecule has 1 aromatic heterocycles. The highest BCUT2D eigenvalue weighted by atomic mass is 35.5. The zero-order chi connectivity index (χ0) is 17.2. The molecule has 2 aliphatic heterocycles. The third-order valence-electron chi connectivity index (χ3n) is 4.90. The van der Waals surface area contributed by atoms with E-state index in [-0.39, 0.29) is 5.75 Å². The Morgan fingerprint density at radius 2 is 2.28 bits per heavy atom. The lowest BCUT2D eigenvalue weighted by Gasteiger charge is -2.22. The number of benzene rings is 1. The van der Waals surface area contributed by atoms with Crippen molar-refractivity contribution >= 4 is 11.6 Å². The molecule has 1 aromatic carbocycles. The molecule has 1 saturated heterocycles. The van der Waals surface area contributed by atoms with E-state index in [2.05, 4.69) is 21.3 Å². The number of halogens is 1. The maximum absolute atomic E-state index is 10.4. The van der Waals surface area contributed by atoms with Crippen molar-refractivity contribution in [2.45, 2.75) is 13.0 Å². The predicted octanol–water partition coefficient (Wildman–Crippen LogP) is 2.91. The number of fused-ring (bicyclic) bond motifs is 1. The number of ether oxygens (including phenoxy) is 1. The van der Waals surface area contributed by atoms with Gasteiger partial charge in [0.05, 0.1) is 10.7 Å². The van der Waals surface area contributed by atoms with Crippen molar-refractivity contribution in [1.82, 2.24) is 15.2 Å². The standard InChI is InChI=1S/C19H22ClN3O2/c20-16-1-2-17(22-10-16)14-7-15-12-23(11-13-3-4-21-9-13)5-6-25-19(15)18(24)8-14/h1-2,7-8,10,13,21,24H,3-6,9,11-12H2. The summed E-state index contributed by atoms with van der Waals surface area (Å²) in [6.45, 7) is 5.50. The number of phenols is 1. The number of hydrogen-bond acceptors (Lipinski definition) is 5. The highest BCUT2D eigenvalue weighted by Crippen LogP contribution is 2.37. The quantitative estimate of drug-likeness (QED) is 0.882. The lowest BCUT2D eigenvalue weighted by molar-refractivity contribution is 0.201. The number of nitrogens with zero attached hydrogens (tertiary/aromatic N) is 2. The highest BCUT2D eigenvalue weighted by Gasteiger charge is 2.23. The van der Waals surface area contributed by atoms with Gasteiger partial charge >= 0.3 is 0 Å². The third-order valence-corrected chi connectivity index (χ3v) is 5.12. The molecule has 4 rings (SSSR count). The molecular formula is C19H22ClN3O2. The summed E-state index contributed by atoms with van der Waals surface area (Å²) in [6, 6.07) is 7.45. The van der Waals surface area contributed by atoms with E-state index < -0.39 is 0 Å². The van der Waals surface area contributed by atoms with E-state index in [0.29, 0.717) is 23.3 Å². The Morgan fingerprint density at radius 1 is 1.36 bits per heavy atom. The monoisotopic (exact) mass is 359 g/mol. The molecule has 1 atom stereocenters. The van der Waals surface area contributed by atoms with E-state index in [1.54, 1.807) is 12.3 Å². The molecule has 132 valence electrons. The molecule has 6 heteroatoms. The largest absolute Gasteiger partial charge is 0.504 e. The minimum absolute atomic E-state index is 0.175. The van der Waals surface area contributed by atoms with Gasteiger partial charge < -0.3 is 15.2 Å². The van der Waals surface area contributed by atoms with Crippen molar-refractivity contribution in [3.63, 3.8) is 0 Å². The maximum Gasteiger partial charge on any atom is 0.165 e. The summed E-state index contributed by atoms with van der Waals surface area (Å²) in [5, 5.41) is 14.5. The maximum atomic E-state index is 10.4. The summed E-state index contributed by atoms with van der Waals surface area (Å²) >= 11 is 5.92. The fraction of sp³-hybridized carbons (Fsp3) is 0.421. The van der Waals surface area contributed by atoms with Gasteiger partial charge in [0.25, 0.3) is 0 Å². The van der Waals surface area contributed by atoms with Crippen molar-refractivity contribution in [3.05, 3.63) is 41.0 Å². The molecule has 25 heavy (non-hydrogen) atoms. The molecule has 0 spiro atoms. The second kappa shape index (κ2) is 7.20. The van der Waals surface area contributed by atoms with Crippen LogP contribution < -0.4 is 10.1 Å². The third kappa shape index (κ3) is 3.73. The Kier molecular flexibility index (Phi) is 4.79. The van der Waals surface area contributed by atoms with Crippen molar-refractivity contribution in [2.75, 3.05) is 32.8 Å². The number of hydrogen-bond donors (Lipinski definition) is 2. The molecule has 5 nitrogen and oxygen atoms in total. The van der Waals surface area contributed by atoms with Gasteiger partial charge in [0, 0.05) is 37.0 Å². The van der Waals surface area contributed by atoms with Crippen LogP contribution in [0.15, 0.2) is 30.5 Å². The summed E-state index contributed by atoms with van der Waals surface area (Å²) in [6.07, 6.45) is 2.85. The van der Waals surface area contributed by atoms with Gasteiger partial charge in [-0.1, -0.05) is 11.6 Å². The van der Waals surface area contributed by atoms with E-state index in [0.717, 1.165) is 49.5 Å². The topological polar surface area (TPSA) is 57.6 Å². The fourth-order valence-corrected chi connectivity index (χ4v) is 3.75. The lowest BCUT2D eigenvalue weighted by atomic mass is 10.0. The fourth-order valence-electron chi connectivity index (χ4n) is 3.64. The molecule has 0 bridgehead atoms. The summed E-state index contributed by atoms with van der Waals surface area (Å²) < 4.78 is 5.84. The summed E-state index contributed by atoms with van der Waals surface area (Å²) in [5.41, 5.74) is 2.68. The van der Waals surface area contributed by atoms with Gasteiger partial charge in [-0.15, -0.1) is 0 Å². The minimum Gasteiger partial charge on any atom is -0.504 e. The molecular weight excluding hydrogens is 338 g/mol. The Hall–Kier alpha value is -1.82. The minimum atomic E-state index is 0.175. The van der Waals surface area contributed by atoms with Crippen molar-refractivity contribution in [3.8, 4) is 22.8 Å². The number of pyridine rings is 1. The first-order valence-electron chi connectivity index (χ1n) is 8.73. The van der Waals surface area contributed by atoms with Crippen LogP contribution in [0.3, 0.4) is 0 Å². The first-order valence-corrected chi connectivity index (χ1v) is 9.10. The van der Waals surface area contributed by atoms with Crippen LogP contribution in [0.5, 0.6) is 11.5 Å². The van der Waals surface area contributed by atoms with Gasteiger partial charge in [0.15, 0.2) is 11.5 Å². The Labute approximate surface area is 152 Å². The summed E-state index contributed by atoms with van der Waals surface area (Å²) in [7, 11) is 0. The SMILES string of the molecule is Oc1cc(-c2ccc(Cl)cn2)cc2c1OCCN(CC1CCNC1)C2. The molecule has 2 aromatic rings. The molecule has 1 unspecified atom stereocenters. The number of rotatable bonds is 3. The number of aromatic nitrogens is 1. The average Bonchev–Trinajstić information content (AvgIpc) is 3.01. The van der Waals surface area contributed by atoms with Crippen LogP contribution in [0.4, 0.5) is 0 Å². The van der Waals surface area contributed by atoms with Crippen molar-refractivity contribution in [2.24, 2.45) is 5.92 Å². The van der Waals surface area contributed by atoms with Crippen LogP contribution in [0, 0.1) is 5.92 Å². The second-order valence-electron chi connectivity index (χ2n) is 6.79. The number of aromatic hydroxyl groups is 1. The Balaban J connectivity index is 1.61. The highest BCUT2D eigenvalue weighted by molar-refractivity contribution is 6.30. The molecule has 3 heterocycles. The van der Waals surface area contributed by atoms with Gasteiger partial charge in [0.1, 0.15) is 6.61 Å². The van der Waals surface area contributed by atoms with Gasteiger partial charge in [-0.3, -0.25) is 9.88 Å². The van der Waals surface area contributed by atoms with Crippen molar-refractivity contribution in [1.29, 1.82) is 0 Å². The Morgan fingerprint density at radius 3 is 3.04 bits per heavy atom. The molecule has 0 saturated carbocycles. The summed E-state index contributed by atoms with van der Waals surface area (Å²) in [5.74, 6) is 1.47. The first-order chi connectivity index (χ1) is 12.2. The van der Waals surface area contributed by atoms with Crippen LogP contribution in [0.1, 0.15) is 12.0 Å². The van der Waals surface area contributed by atoms with Crippen molar-refractivity contribution < 1.29 is 9.84 Å². The molecule has 2 aliphatic rings. The van der Waals surface area contributed by atoms with E-state index in [9.17, 15) is 5.11 Å². The van der Waals surface area contributed by atoms with Crippen LogP contribution in [-0.2, 0) is 6.54 Å². The second-order valence-corrected chi connectivity index (χ2v) is 7.22. The van der Waals surface area contributed by atoms with Crippen LogP contribution in [0.25, 0.3) is 11.3 Å².